The number of halogens is 1. The fraction of sp³-hybridized carbons (Fsp3) is 0.600. The maximum Gasteiger partial charge on any atom is 0.224 e. The SMILES string of the molecule is Cc1cnc(Cl)nc1NC[C@H]1CCCO1. The third-order valence-electron chi connectivity index (χ3n) is 2.46. The second kappa shape index (κ2) is 4.77. The highest BCUT2D eigenvalue weighted by Gasteiger charge is 2.15. The van der Waals surface area contributed by atoms with Crippen LogP contribution >= 0.6 is 11.6 Å². The van der Waals surface area contributed by atoms with Gasteiger partial charge in [0.2, 0.25) is 5.28 Å². The molecule has 0 radical (unpaired) electrons. The lowest BCUT2D eigenvalue weighted by Crippen LogP contribution is -2.19. The van der Waals surface area contributed by atoms with Gasteiger partial charge in [-0.05, 0) is 31.4 Å². The number of nitrogens with one attached hydrogen (secondary N) is 1. The third kappa shape index (κ3) is 2.79. The molecule has 1 aliphatic rings. The van der Waals surface area contributed by atoms with Gasteiger partial charge in [-0.2, -0.15) is 0 Å². The summed E-state index contributed by atoms with van der Waals surface area (Å²) in [4.78, 5) is 8.02. The molecule has 1 fully saturated rings. The molecule has 0 aromatic carbocycles. The van der Waals surface area contributed by atoms with E-state index < -0.39 is 0 Å². The lowest BCUT2D eigenvalue weighted by Gasteiger charge is -2.12. The fourth-order valence-electron chi connectivity index (χ4n) is 1.62. The van der Waals surface area contributed by atoms with Gasteiger partial charge in [-0.25, -0.2) is 9.97 Å². The lowest BCUT2D eigenvalue weighted by molar-refractivity contribution is 0.120. The Bertz CT molecular complexity index is 339. The van der Waals surface area contributed by atoms with E-state index in [-0.39, 0.29) is 5.28 Å². The van der Waals surface area contributed by atoms with Crippen molar-refractivity contribution >= 4 is 17.4 Å². The van der Waals surface area contributed by atoms with Crippen molar-refractivity contribution in [1.29, 1.82) is 0 Å². The zero-order valence-electron chi connectivity index (χ0n) is 8.66. The van der Waals surface area contributed by atoms with Gasteiger partial charge in [0.05, 0.1) is 6.10 Å². The number of hydrogen-bond acceptors (Lipinski definition) is 4. The van der Waals surface area contributed by atoms with Crippen LogP contribution < -0.4 is 5.32 Å². The van der Waals surface area contributed by atoms with Gasteiger partial charge < -0.3 is 10.1 Å². The first-order valence-corrected chi connectivity index (χ1v) is 5.48. The van der Waals surface area contributed by atoms with Crippen LogP contribution in [0.1, 0.15) is 18.4 Å². The standard InChI is InChI=1S/C10H14ClN3O/c1-7-5-13-10(11)14-9(7)12-6-8-3-2-4-15-8/h5,8H,2-4,6H2,1H3,(H,12,13,14)/t8-/m1/s1. The molecule has 0 aliphatic carbocycles. The summed E-state index contributed by atoms with van der Waals surface area (Å²) in [5, 5.41) is 3.51. The molecular weight excluding hydrogens is 214 g/mol. The lowest BCUT2D eigenvalue weighted by atomic mass is 10.2. The predicted molar refractivity (Wildman–Crippen MR) is 59.2 cm³/mol. The number of nitrogens with zero attached hydrogens (tertiary/aromatic N) is 2. The summed E-state index contributed by atoms with van der Waals surface area (Å²) in [7, 11) is 0. The minimum atomic E-state index is 0.274. The summed E-state index contributed by atoms with van der Waals surface area (Å²) in [6.07, 6.45) is 4.28. The first kappa shape index (κ1) is 10.6. The van der Waals surface area contributed by atoms with Crippen LogP contribution in [0.5, 0.6) is 0 Å². The van der Waals surface area contributed by atoms with Gasteiger partial charge in [0.25, 0.3) is 0 Å². The summed E-state index contributed by atoms with van der Waals surface area (Å²) >= 11 is 5.72. The van der Waals surface area contributed by atoms with Crippen molar-refractivity contribution in [1.82, 2.24) is 9.97 Å². The molecule has 15 heavy (non-hydrogen) atoms. The third-order valence-corrected chi connectivity index (χ3v) is 2.65. The predicted octanol–water partition coefficient (Wildman–Crippen LogP) is 2.03. The van der Waals surface area contributed by atoms with Crippen molar-refractivity contribution in [2.45, 2.75) is 25.9 Å². The van der Waals surface area contributed by atoms with Crippen molar-refractivity contribution < 1.29 is 4.74 Å². The molecule has 1 atom stereocenters. The number of aryl methyl sites for hydroxylation is 1. The van der Waals surface area contributed by atoms with Gasteiger partial charge in [0.1, 0.15) is 5.82 Å². The molecule has 1 aromatic rings. The Labute approximate surface area is 94.0 Å². The number of rotatable bonds is 3. The van der Waals surface area contributed by atoms with E-state index >= 15 is 0 Å². The van der Waals surface area contributed by atoms with Crippen molar-refractivity contribution in [2.75, 3.05) is 18.5 Å². The van der Waals surface area contributed by atoms with Gasteiger partial charge in [-0.3, -0.25) is 0 Å². The van der Waals surface area contributed by atoms with Gasteiger partial charge in [-0.15, -0.1) is 0 Å². The molecule has 82 valence electrons. The molecule has 2 rings (SSSR count). The number of aromatic nitrogens is 2. The number of ether oxygens (including phenoxy) is 1. The summed E-state index contributed by atoms with van der Waals surface area (Å²) in [5.74, 6) is 0.797. The Morgan fingerprint density at radius 1 is 1.67 bits per heavy atom. The van der Waals surface area contributed by atoms with Crippen LogP contribution in [0, 0.1) is 6.92 Å². The molecule has 2 heterocycles. The average Bonchev–Trinajstić information content (AvgIpc) is 2.72. The van der Waals surface area contributed by atoms with Crippen molar-refractivity contribution in [3.63, 3.8) is 0 Å². The van der Waals surface area contributed by atoms with Crippen molar-refractivity contribution in [2.24, 2.45) is 0 Å². The van der Waals surface area contributed by atoms with E-state index in [1.807, 2.05) is 6.92 Å². The van der Waals surface area contributed by atoms with Gasteiger partial charge in [0, 0.05) is 24.9 Å². The molecular formula is C10H14ClN3O. The summed E-state index contributed by atoms with van der Waals surface area (Å²) in [6, 6.07) is 0. The topological polar surface area (TPSA) is 47.0 Å². The van der Waals surface area contributed by atoms with E-state index in [0.717, 1.165) is 37.4 Å². The fourth-order valence-corrected chi connectivity index (χ4v) is 1.75. The quantitative estimate of drug-likeness (QED) is 0.803. The van der Waals surface area contributed by atoms with Crippen LogP contribution in [0.15, 0.2) is 6.20 Å². The summed E-state index contributed by atoms with van der Waals surface area (Å²) in [6.45, 7) is 3.61. The molecule has 0 amide bonds. The van der Waals surface area contributed by atoms with Crippen molar-refractivity contribution in [3.8, 4) is 0 Å². The highest BCUT2D eigenvalue weighted by molar-refractivity contribution is 6.28. The van der Waals surface area contributed by atoms with Crippen LogP contribution in [0.25, 0.3) is 0 Å². The summed E-state index contributed by atoms with van der Waals surface area (Å²) in [5.41, 5.74) is 0.998. The monoisotopic (exact) mass is 227 g/mol. The van der Waals surface area contributed by atoms with Crippen LogP contribution in [-0.2, 0) is 4.74 Å². The maximum atomic E-state index is 5.72. The van der Waals surface area contributed by atoms with Gasteiger partial charge in [-0.1, -0.05) is 0 Å². The van der Waals surface area contributed by atoms with Gasteiger partial charge >= 0.3 is 0 Å². The largest absolute Gasteiger partial charge is 0.376 e. The maximum absolute atomic E-state index is 5.72. The molecule has 1 aromatic heterocycles. The second-order valence-corrected chi connectivity index (χ2v) is 4.02. The van der Waals surface area contributed by atoms with E-state index in [1.54, 1.807) is 6.20 Å². The number of anilines is 1. The Kier molecular flexibility index (Phi) is 3.38. The molecule has 0 spiro atoms. The molecule has 0 saturated carbocycles. The van der Waals surface area contributed by atoms with E-state index in [0.29, 0.717) is 6.10 Å². The minimum absolute atomic E-state index is 0.274. The van der Waals surface area contributed by atoms with E-state index in [4.69, 9.17) is 16.3 Å². The van der Waals surface area contributed by atoms with E-state index in [2.05, 4.69) is 15.3 Å². The van der Waals surface area contributed by atoms with E-state index in [1.165, 1.54) is 0 Å². The summed E-state index contributed by atoms with van der Waals surface area (Å²) < 4.78 is 5.51. The smallest absolute Gasteiger partial charge is 0.224 e. The Hall–Kier alpha value is -0.870. The molecule has 5 heteroatoms. The van der Waals surface area contributed by atoms with Crippen LogP contribution in [-0.4, -0.2) is 29.2 Å². The Morgan fingerprint density at radius 2 is 2.53 bits per heavy atom. The molecule has 0 unspecified atom stereocenters. The zero-order chi connectivity index (χ0) is 10.7. The zero-order valence-corrected chi connectivity index (χ0v) is 9.42. The van der Waals surface area contributed by atoms with Gasteiger partial charge in [0.15, 0.2) is 0 Å². The highest BCUT2D eigenvalue weighted by atomic mass is 35.5. The van der Waals surface area contributed by atoms with Crippen LogP contribution in [0.2, 0.25) is 5.28 Å². The molecule has 1 aliphatic heterocycles. The number of hydrogen-bond donors (Lipinski definition) is 1. The first-order valence-electron chi connectivity index (χ1n) is 5.10. The normalized spacial score (nSPS) is 20.5. The minimum Gasteiger partial charge on any atom is -0.376 e. The molecule has 1 N–H and O–H groups in total. The second-order valence-electron chi connectivity index (χ2n) is 3.69. The molecule has 1 saturated heterocycles. The highest BCUT2D eigenvalue weighted by Crippen LogP contribution is 2.15. The van der Waals surface area contributed by atoms with Crippen LogP contribution in [0.3, 0.4) is 0 Å². The first-order chi connectivity index (χ1) is 7.25. The Balaban J connectivity index is 1.94. The molecule has 0 bridgehead atoms. The van der Waals surface area contributed by atoms with E-state index in [9.17, 15) is 0 Å². The molecule has 4 nitrogen and oxygen atoms in total. The average molecular weight is 228 g/mol. The van der Waals surface area contributed by atoms with Crippen LogP contribution in [0.4, 0.5) is 5.82 Å². The Morgan fingerprint density at radius 3 is 3.27 bits per heavy atom. The van der Waals surface area contributed by atoms with Crippen molar-refractivity contribution in [3.05, 3.63) is 17.0 Å².